The maximum atomic E-state index is 11.8. The second-order valence-electron chi connectivity index (χ2n) is 3.03. The second-order valence-corrected chi connectivity index (χ2v) is 6.48. The molecule has 6 heteroatoms. The molecule has 0 saturated carbocycles. The molecule has 0 unspecified atom stereocenters. The lowest BCUT2D eigenvalue weighted by atomic mass is 10.2. The minimum absolute atomic E-state index is 0.252. The van der Waals surface area contributed by atoms with Crippen LogP contribution in [0, 0.1) is 6.92 Å². The Morgan fingerprint density at radius 3 is 2.40 bits per heavy atom. The number of hydrogen-bond acceptors (Lipinski definition) is 2. The Kier molecular flexibility index (Phi) is 4.34. The Bertz CT molecular complexity index is 471. The maximum absolute atomic E-state index is 11.8. The van der Waals surface area contributed by atoms with Crippen LogP contribution in [0.4, 0.5) is 0 Å². The van der Waals surface area contributed by atoms with Gasteiger partial charge in [0.15, 0.2) is 0 Å². The summed E-state index contributed by atoms with van der Waals surface area (Å²) in [6.45, 7) is 4.02. The van der Waals surface area contributed by atoms with Crippen LogP contribution in [-0.2, 0) is 10.0 Å². The van der Waals surface area contributed by atoms with E-state index >= 15 is 0 Å². The van der Waals surface area contributed by atoms with Gasteiger partial charge in [-0.1, -0.05) is 22.9 Å². The first-order valence-electron chi connectivity index (χ1n) is 4.33. The van der Waals surface area contributed by atoms with Crippen LogP contribution in [0.15, 0.2) is 26.0 Å². The lowest BCUT2D eigenvalue weighted by molar-refractivity contribution is 0.583. The molecule has 1 aromatic rings. The molecule has 1 N–H and O–H groups in total. The molecule has 0 aromatic heterocycles. The fourth-order valence-electron chi connectivity index (χ4n) is 1.10. The van der Waals surface area contributed by atoms with Crippen LogP contribution in [-0.4, -0.2) is 15.0 Å². The number of hydrogen-bond donors (Lipinski definition) is 1. The number of nitrogens with one attached hydrogen (secondary N) is 1. The highest BCUT2D eigenvalue weighted by molar-refractivity contribution is 9.11. The van der Waals surface area contributed by atoms with E-state index in [2.05, 4.69) is 36.6 Å². The van der Waals surface area contributed by atoms with Crippen LogP contribution >= 0.6 is 31.9 Å². The van der Waals surface area contributed by atoms with Gasteiger partial charge in [0.05, 0.1) is 4.90 Å². The summed E-state index contributed by atoms with van der Waals surface area (Å²) in [5.41, 5.74) is 0.984. The van der Waals surface area contributed by atoms with E-state index in [4.69, 9.17) is 0 Å². The number of rotatable bonds is 3. The lowest BCUT2D eigenvalue weighted by Crippen LogP contribution is -2.23. The van der Waals surface area contributed by atoms with Gasteiger partial charge in [0.2, 0.25) is 10.0 Å². The molecule has 0 aliphatic carbocycles. The van der Waals surface area contributed by atoms with Gasteiger partial charge >= 0.3 is 0 Å². The predicted octanol–water partition coefficient (Wildman–Crippen LogP) is 2.82. The molecule has 0 atom stereocenters. The minimum Gasteiger partial charge on any atom is -0.211 e. The third-order valence-electron chi connectivity index (χ3n) is 1.84. The Morgan fingerprint density at radius 2 is 1.87 bits per heavy atom. The maximum Gasteiger partial charge on any atom is 0.241 e. The van der Waals surface area contributed by atoms with Crippen molar-refractivity contribution in [3.05, 3.63) is 26.6 Å². The molecule has 0 fully saturated rings. The summed E-state index contributed by atoms with van der Waals surface area (Å²) < 4.78 is 27.3. The van der Waals surface area contributed by atoms with Crippen molar-refractivity contribution in [2.75, 3.05) is 6.54 Å². The van der Waals surface area contributed by atoms with Gasteiger partial charge < -0.3 is 0 Å². The molecule has 1 rings (SSSR count). The van der Waals surface area contributed by atoms with Crippen LogP contribution in [0.25, 0.3) is 0 Å². The van der Waals surface area contributed by atoms with Gasteiger partial charge in [-0.05, 0) is 40.5 Å². The summed E-state index contributed by atoms with van der Waals surface area (Å²) in [6.07, 6.45) is 0. The smallest absolute Gasteiger partial charge is 0.211 e. The zero-order valence-electron chi connectivity index (χ0n) is 8.34. The van der Waals surface area contributed by atoms with E-state index < -0.39 is 10.0 Å². The van der Waals surface area contributed by atoms with E-state index in [9.17, 15) is 8.42 Å². The normalized spacial score (nSPS) is 11.7. The summed E-state index contributed by atoms with van der Waals surface area (Å²) in [6, 6.07) is 3.37. The molecular formula is C9H11Br2NO2S. The topological polar surface area (TPSA) is 46.2 Å². The van der Waals surface area contributed by atoms with E-state index in [0.717, 1.165) is 10.0 Å². The average Bonchev–Trinajstić information content (AvgIpc) is 2.11. The highest BCUT2D eigenvalue weighted by Gasteiger charge is 2.17. The number of aryl methyl sites for hydroxylation is 1. The Hall–Kier alpha value is 0.0900. The molecular weight excluding hydrogens is 346 g/mol. The first-order chi connectivity index (χ1) is 6.88. The number of halogens is 2. The fraction of sp³-hybridized carbons (Fsp3) is 0.333. The zero-order chi connectivity index (χ0) is 11.6. The second kappa shape index (κ2) is 4.95. The zero-order valence-corrected chi connectivity index (χ0v) is 12.3. The van der Waals surface area contributed by atoms with Gasteiger partial charge in [-0.2, -0.15) is 0 Å². The first-order valence-corrected chi connectivity index (χ1v) is 7.40. The van der Waals surface area contributed by atoms with Crippen molar-refractivity contribution in [1.29, 1.82) is 0 Å². The Labute approximate surface area is 107 Å². The van der Waals surface area contributed by atoms with E-state index in [1.165, 1.54) is 0 Å². The van der Waals surface area contributed by atoms with Crippen LogP contribution < -0.4 is 4.72 Å². The third kappa shape index (κ3) is 3.03. The monoisotopic (exact) mass is 355 g/mol. The summed E-state index contributed by atoms with van der Waals surface area (Å²) in [7, 11) is -3.41. The van der Waals surface area contributed by atoms with Crippen molar-refractivity contribution >= 4 is 41.9 Å². The molecule has 0 aliphatic rings. The standard InChI is InChI=1S/C9H11Br2NO2S/c1-3-12-15(13,14)9-5-7(10)6(2)4-8(9)11/h4-5,12H,3H2,1-2H3. The summed E-state index contributed by atoms with van der Waals surface area (Å²) >= 11 is 6.56. The third-order valence-corrected chi connectivity index (χ3v) is 5.20. The molecule has 84 valence electrons. The Balaban J connectivity index is 3.33. The van der Waals surface area contributed by atoms with Gasteiger partial charge in [-0.25, -0.2) is 13.1 Å². The molecule has 0 aliphatic heterocycles. The van der Waals surface area contributed by atoms with Gasteiger partial charge in [0, 0.05) is 15.5 Å². The van der Waals surface area contributed by atoms with E-state index in [0.29, 0.717) is 11.0 Å². The average molecular weight is 357 g/mol. The van der Waals surface area contributed by atoms with Crippen LogP contribution in [0.1, 0.15) is 12.5 Å². The molecule has 15 heavy (non-hydrogen) atoms. The van der Waals surface area contributed by atoms with Crippen LogP contribution in [0.2, 0.25) is 0 Å². The summed E-state index contributed by atoms with van der Waals surface area (Å²) in [5.74, 6) is 0. The highest BCUT2D eigenvalue weighted by atomic mass is 79.9. The minimum atomic E-state index is -3.41. The molecule has 0 amide bonds. The summed E-state index contributed by atoms with van der Waals surface area (Å²) in [5, 5.41) is 0. The van der Waals surface area contributed by atoms with Crippen molar-refractivity contribution in [1.82, 2.24) is 4.72 Å². The SMILES string of the molecule is CCNS(=O)(=O)c1cc(Br)c(C)cc1Br. The molecule has 3 nitrogen and oxygen atoms in total. The van der Waals surface area contributed by atoms with Gasteiger partial charge in [-0.3, -0.25) is 0 Å². The fourth-order valence-corrected chi connectivity index (χ4v) is 3.82. The molecule has 0 bridgehead atoms. The number of sulfonamides is 1. The van der Waals surface area contributed by atoms with Crippen LogP contribution in [0.3, 0.4) is 0 Å². The predicted molar refractivity (Wildman–Crippen MR) is 67.4 cm³/mol. The van der Waals surface area contributed by atoms with Crippen LogP contribution in [0.5, 0.6) is 0 Å². The van der Waals surface area contributed by atoms with Crippen molar-refractivity contribution in [3.63, 3.8) is 0 Å². The Morgan fingerprint density at radius 1 is 1.27 bits per heavy atom. The largest absolute Gasteiger partial charge is 0.241 e. The van der Waals surface area contributed by atoms with Crippen molar-refractivity contribution in [2.24, 2.45) is 0 Å². The molecule has 0 saturated heterocycles. The lowest BCUT2D eigenvalue weighted by Gasteiger charge is -2.08. The molecule has 1 aromatic carbocycles. The van der Waals surface area contributed by atoms with Gasteiger partial charge in [0.25, 0.3) is 0 Å². The van der Waals surface area contributed by atoms with Gasteiger partial charge in [-0.15, -0.1) is 0 Å². The quantitative estimate of drug-likeness (QED) is 0.905. The molecule has 0 radical (unpaired) electrons. The molecule has 0 heterocycles. The van der Waals surface area contributed by atoms with Crippen molar-refractivity contribution in [2.45, 2.75) is 18.7 Å². The first kappa shape index (κ1) is 13.2. The van der Waals surface area contributed by atoms with Crippen molar-refractivity contribution < 1.29 is 8.42 Å². The summed E-state index contributed by atoms with van der Waals surface area (Å²) in [4.78, 5) is 0.252. The molecule has 0 spiro atoms. The van der Waals surface area contributed by atoms with E-state index in [1.54, 1.807) is 19.1 Å². The van der Waals surface area contributed by atoms with E-state index in [-0.39, 0.29) is 4.90 Å². The highest BCUT2D eigenvalue weighted by Crippen LogP contribution is 2.28. The number of benzene rings is 1. The van der Waals surface area contributed by atoms with Gasteiger partial charge in [0.1, 0.15) is 0 Å². The van der Waals surface area contributed by atoms with Crippen molar-refractivity contribution in [3.8, 4) is 0 Å². The van der Waals surface area contributed by atoms with E-state index in [1.807, 2.05) is 6.92 Å².